The SMILES string of the molecule is CC1CCN(C[C@H]2[C@@H]3CN(C)C[C@@H]32)CC1. The van der Waals surface area contributed by atoms with Gasteiger partial charge in [-0.25, -0.2) is 0 Å². The number of hydrogen-bond donors (Lipinski definition) is 0. The van der Waals surface area contributed by atoms with Gasteiger partial charge >= 0.3 is 0 Å². The smallest absolute Gasteiger partial charge is 0.00161 e. The van der Waals surface area contributed by atoms with E-state index < -0.39 is 0 Å². The summed E-state index contributed by atoms with van der Waals surface area (Å²) in [7, 11) is 2.27. The van der Waals surface area contributed by atoms with Crippen molar-refractivity contribution in [2.45, 2.75) is 19.8 Å². The van der Waals surface area contributed by atoms with Crippen molar-refractivity contribution in [1.82, 2.24) is 9.80 Å². The van der Waals surface area contributed by atoms with E-state index in [2.05, 4.69) is 23.8 Å². The fraction of sp³-hybridized carbons (Fsp3) is 1.00. The lowest BCUT2D eigenvalue weighted by Crippen LogP contribution is -2.35. The summed E-state index contributed by atoms with van der Waals surface area (Å²) in [5.41, 5.74) is 0. The molecule has 2 heterocycles. The number of fused-ring (bicyclic) bond motifs is 1. The second-order valence-corrected chi connectivity index (χ2v) is 6.20. The van der Waals surface area contributed by atoms with Gasteiger partial charge in [0.2, 0.25) is 0 Å². The van der Waals surface area contributed by atoms with Crippen LogP contribution in [0.2, 0.25) is 0 Å². The van der Waals surface area contributed by atoms with Crippen molar-refractivity contribution in [1.29, 1.82) is 0 Å². The third-order valence-electron chi connectivity index (χ3n) is 4.90. The lowest BCUT2D eigenvalue weighted by molar-refractivity contribution is 0.174. The Morgan fingerprint density at radius 3 is 2.27 bits per heavy atom. The topological polar surface area (TPSA) is 6.48 Å². The fourth-order valence-corrected chi connectivity index (χ4v) is 3.67. The van der Waals surface area contributed by atoms with E-state index in [4.69, 9.17) is 0 Å². The predicted octanol–water partition coefficient (Wildman–Crippen LogP) is 1.53. The van der Waals surface area contributed by atoms with Gasteiger partial charge in [0.25, 0.3) is 0 Å². The van der Waals surface area contributed by atoms with Crippen LogP contribution in [-0.2, 0) is 0 Å². The zero-order valence-electron chi connectivity index (χ0n) is 10.2. The third-order valence-corrected chi connectivity index (χ3v) is 4.90. The van der Waals surface area contributed by atoms with Crippen LogP contribution >= 0.6 is 0 Å². The standard InChI is InChI=1S/C13H24N2/c1-10-3-5-15(6-4-10)9-13-11-7-14(2)8-12(11)13/h10-13H,3-9H2,1-2H3/t11-,12+,13+. The van der Waals surface area contributed by atoms with Crippen LogP contribution in [0.15, 0.2) is 0 Å². The minimum absolute atomic E-state index is 0.978. The maximum absolute atomic E-state index is 2.73. The molecule has 1 aliphatic carbocycles. The van der Waals surface area contributed by atoms with E-state index in [0.717, 1.165) is 23.7 Å². The number of piperidine rings is 2. The first-order valence-corrected chi connectivity index (χ1v) is 6.65. The van der Waals surface area contributed by atoms with Crippen LogP contribution in [0.4, 0.5) is 0 Å². The van der Waals surface area contributed by atoms with Crippen molar-refractivity contribution in [2.24, 2.45) is 23.7 Å². The minimum atomic E-state index is 0.978. The lowest BCUT2D eigenvalue weighted by Gasteiger charge is -2.31. The third kappa shape index (κ3) is 1.94. The van der Waals surface area contributed by atoms with Crippen LogP contribution in [0, 0.1) is 23.7 Å². The van der Waals surface area contributed by atoms with Gasteiger partial charge in [0, 0.05) is 19.6 Å². The zero-order valence-corrected chi connectivity index (χ0v) is 10.2. The maximum atomic E-state index is 2.73. The van der Waals surface area contributed by atoms with Gasteiger partial charge in [0.15, 0.2) is 0 Å². The molecule has 0 unspecified atom stereocenters. The summed E-state index contributed by atoms with van der Waals surface area (Å²) in [4.78, 5) is 5.23. The van der Waals surface area contributed by atoms with Gasteiger partial charge in [-0.2, -0.15) is 0 Å². The molecule has 1 saturated carbocycles. The summed E-state index contributed by atoms with van der Waals surface area (Å²) in [5, 5.41) is 0. The molecule has 2 heteroatoms. The van der Waals surface area contributed by atoms with Crippen molar-refractivity contribution in [3.8, 4) is 0 Å². The highest BCUT2D eigenvalue weighted by Gasteiger charge is 2.54. The second-order valence-electron chi connectivity index (χ2n) is 6.20. The van der Waals surface area contributed by atoms with Crippen LogP contribution in [0.5, 0.6) is 0 Å². The molecule has 3 aliphatic rings. The lowest BCUT2D eigenvalue weighted by atomic mass is 9.99. The molecule has 2 nitrogen and oxygen atoms in total. The Morgan fingerprint density at radius 2 is 1.67 bits per heavy atom. The average molecular weight is 208 g/mol. The van der Waals surface area contributed by atoms with Gasteiger partial charge in [-0.05, 0) is 56.7 Å². The number of hydrogen-bond acceptors (Lipinski definition) is 2. The first-order chi connectivity index (χ1) is 7.24. The molecule has 0 radical (unpaired) electrons. The molecule has 3 rings (SSSR count). The van der Waals surface area contributed by atoms with Gasteiger partial charge in [0.05, 0.1) is 0 Å². The summed E-state index contributed by atoms with van der Waals surface area (Å²) in [6.45, 7) is 9.30. The summed E-state index contributed by atoms with van der Waals surface area (Å²) in [5.74, 6) is 4.17. The Morgan fingerprint density at radius 1 is 1.07 bits per heavy atom. The molecule has 0 aromatic carbocycles. The van der Waals surface area contributed by atoms with Crippen LogP contribution in [0.1, 0.15) is 19.8 Å². The Labute approximate surface area is 93.6 Å². The van der Waals surface area contributed by atoms with Crippen molar-refractivity contribution < 1.29 is 0 Å². The molecule has 2 saturated heterocycles. The first-order valence-electron chi connectivity index (χ1n) is 6.65. The van der Waals surface area contributed by atoms with Gasteiger partial charge in [-0.3, -0.25) is 0 Å². The molecule has 0 spiro atoms. The highest BCUT2D eigenvalue weighted by Crippen LogP contribution is 2.51. The summed E-state index contributed by atoms with van der Waals surface area (Å²) < 4.78 is 0. The highest BCUT2D eigenvalue weighted by atomic mass is 15.2. The van der Waals surface area contributed by atoms with E-state index in [0.29, 0.717) is 0 Å². The molecule has 0 N–H and O–H groups in total. The quantitative estimate of drug-likeness (QED) is 0.679. The predicted molar refractivity (Wildman–Crippen MR) is 62.8 cm³/mol. The first kappa shape index (κ1) is 10.1. The molecule has 3 fully saturated rings. The van der Waals surface area contributed by atoms with Crippen LogP contribution in [0.3, 0.4) is 0 Å². The van der Waals surface area contributed by atoms with E-state index in [1.54, 1.807) is 0 Å². The number of rotatable bonds is 2. The zero-order chi connectivity index (χ0) is 10.4. The van der Waals surface area contributed by atoms with Crippen LogP contribution in [0.25, 0.3) is 0 Å². The molecule has 0 aromatic rings. The summed E-state index contributed by atoms with van der Waals surface area (Å²) in [6, 6.07) is 0. The van der Waals surface area contributed by atoms with E-state index >= 15 is 0 Å². The molecule has 86 valence electrons. The van der Waals surface area contributed by atoms with Crippen LogP contribution < -0.4 is 0 Å². The van der Waals surface area contributed by atoms with Crippen molar-refractivity contribution in [2.75, 3.05) is 39.8 Å². The molecule has 15 heavy (non-hydrogen) atoms. The normalized spacial score (nSPS) is 43.2. The van der Waals surface area contributed by atoms with Gasteiger partial charge in [0.1, 0.15) is 0 Å². The Kier molecular flexibility index (Phi) is 2.52. The fourth-order valence-electron chi connectivity index (χ4n) is 3.67. The van der Waals surface area contributed by atoms with E-state index in [1.807, 2.05) is 0 Å². The van der Waals surface area contributed by atoms with Crippen molar-refractivity contribution in [3.63, 3.8) is 0 Å². The molecular formula is C13H24N2. The molecule has 2 aliphatic heterocycles. The maximum Gasteiger partial charge on any atom is 0.00161 e. The summed E-state index contributed by atoms with van der Waals surface area (Å²) in [6.07, 6.45) is 2.86. The average Bonchev–Trinajstić information content (AvgIpc) is 2.69. The van der Waals surface area contributed by atoms with Crippen LogP contribution in [-0.4, -0.2) is 49.6 Å². The van der Waals surface area contributed by atoms with Crippen molar-refractivity contribution in [3.05, 3.63) is 0 Å². The Hall–Kier alpha value is -0.0800. The van der Waals surface area contributed by atoms with Crippen molar-refractivity contribution >= 4 is 0 Å². The largest absolute Gasteiger partial charge is 0.306 e. The number of nitrogens with zero attached hydrogens (tertiary/aromatic N) is 2. The van der Waals surface area contributed by atoms with E-state index in [1.165, 1.54) is 45.6 Å². The van der Waals surface area contributed by atoms with Gasteiger partial charge in [-0.1, -0.05) is 6.92 Å². The second kappa shape index (κ2) is 3.74. The van der Waals surface area contributed by atoms with Gasteiger partial charge in [-0.15, -0.1) is 0 Å². The van der Waals surface area contributed by atoms with Gasteiger partial charge < -0.3 is 9.80 Å². The van der Waals surface area contributed by atoms with E-state index in [9.17, 15) is 0 Å². The highest BCUT2D eigenvalue weighted by molar-refractivity contribution is 5.05. The Balaban J connectivity index is 1.44. The summed E-state index contributed by atoms with van der Waals surface area (Å²) >= 11 is 0. The number of likely N-dealkylation sites (tertiary alicyclic amines) is 2. The molecule has 0 aromatic heterocycles. The molecule has 0 bridgehead atoms. The minimum Gasteiger partial charge on any atom is -0.306 e. The van der Waals surface area contributed by atoms with E-state index in [-0.39, 0.29) is 0 Å². The molecule has 3 atom stereocenters. The molecule has 0 amide bonds. The molecular weight excluding hydrogens is 184 g/mol. The monoisotopic (exact) mass is 208 g/mol. The Bertz CT molecular complexity index is 221.